The molecule has 0 saturated heterocycles. The van der Waals surface area contributed by atoms with Gasteiger partial charge in [-0.2, -0.15) is 0 Å². The van der Waals surface area contributed by atoms with Gasteiger partial charge in [-0.05, 0) is 58.4 Å². The molecule has 0 nitrogen and oxygen atoms in total. The van der Waals surface area contributed by atoms with E-state index in [9.17, 15) is 0 Å². The van der Waals surface area contributed by atoms with Gasteiger partial charge in [-0.3, -0.25) is 0 Å². The summed E-state index contributed by atoms with van der Waals surface area (Å²) >= 11 is 0. The first kappa shape index (κ1) is 20.2. The van der Waals surface area contributed by atoms with Gasteiger partial charge in [0, 0.05) is 0 Å². The van der Waals surface area contributed by atoms with Gasteiger partial charge in [-0.25, -0.2) is 0 Å². The van der Waals surface area contributed by atoms with Crippen molar-refractivity contribution in [3.63, 3.8) is 0 Å². The number of hydrogen-bond donors (Lipinski definition) is 0. The molecule has 0 heteroatoms. The molecule has 2 aromatic rings. The second-order valence-corrected chi connectivity index (χ2v) is 8.36. The molecule has 0 bridgehead atoms. The topological polar surface area (TPSA) is 0 Å². The lowest BCUT2D eigenvalue weighted by Crippen LogP contribution is -1.98. The van der Waals surface area contributed by atoms with Crippen molar-refractivity contribution in [1.29, 1.82) is 0 Å². The molecule has 0 fully saturated rings. The Morgan fingerprint density at radius 2 is 1.50 bits per heavy atom. The Balaban J connectivity index is 2.02. The quantitative estimate of drug-likeness (QED) is 0.478. The molecule has 2 rings (SSSR count). The maximum absolute atomic E-state index is 4.31. The van der Waals surface area contributed by atoms with Crippen LogP contribution in [-0.2, 0) is 6.42 Å². The van der Waals surface area contributed by atoms with E-state index < -0.39 is 0 Å². The monoisotopic (exact) mass is 346 g/mol. The van der Waals surface area contributed by atoms with Crippen LogP contribution in [-0.4, -0.2) is 0 Å². The predicted octanol–water partition coefficient (Wildman–Crippen LogP) is 7.91. The third-order valence-electron chi connectivity index (χ3n) is 4.95. The zero-order valence-electron chi connectivity index (χ0n) is 17.2. The lowest BCUT2D eigenvalue weighted by Gasteiger charge is -2.14. The van der Waals surface area contributed by atoms with E-state index in [2.05, 4.69) is 102 Å². The van der Waals surface area contributed by atoms with E-state index in [4.69, 9.17) is 0 Å². The van der Waals surface area contributed by atoms with Crippen LogP contribution in [0.2, 0.25) is 0 Å². The average molecular weight is 347 g/mol. The van der Waals surface area contributed by atoms with E-state index >= 15 is 0 Å². The van der Waals surface area contributed by atoms with Crippen LogP contribution in [0, 0.1) is 5.41 Å². The van der Waals surface area contributed by atoms with Gasteiger partial charge in [-0.15, -0.1) is 0 Å². The van der Waals surface area contributed by atoms with Gasteiger partial charge < -0.3 is 0 Å². The molecule has 0 aliphatic carbocycles. The van der Waals surface area contributed by atoms with Crippen molar-refractivity contribution in [3.05, 3.63) is 83.4 Å². The fourth-order valence-electron chi connectivity index (χ4n) is 3.19. The largest absolute Gasteiger partial charge is 0.0949 e. The summed E-state index contributed by atoms with van der Waals surface area (Å²) in [6.45, 7) is 15.5. The number of rotatable bonds is 7. The molecule has 138 valence electrons. The molecule has 0 amide bonds. The molecule has 0 N–H and O–H groups in total. The second-order valence-electron chi connectivity index (χ2n) is 8.36. The highest BCUT2D eigenvalue weighted by molar-refractivity contribution is 5.67. The fraction of sp³-hybridized carbons (Fsp3) is 0.385. The summed E-state index contributed by atoms with van der Waals surface area (Å²) in [6.07, 6.45) is 7.76. The Hall–Kier alpha value is -2.08. The normalized spacial score (nSPS) is 12.1. The first-order chi connectivity index (χ1) is 12.3. The van der Waals surface area contributed by atoms with Crippen molar-refractivity contribution in [1.82, 2.24) is 0 Å². The predicted molar refractivity (Wildman–Crippen MR) is 117 cm³/mol. The highest BCUT2D eigenvalue weighted by Gasteiger charge is 2.07. The zero-order valence-corrected chi connectivity index (χ0v) is 17.2. The SMILES string of the molecule is C=C(Cc1ccc(C(CC)CC)cc1)c1ccc(/C=C/C(C)(C)C)cc1. The lowest BCUT2D eigenvalue weighted by atomic mass is 9.92. The number of allylic oxidation sites excluding steroid dienone is 2. The summed E-state index contributed by atoms with van der Waals surface area (Å²) in [5, 5.41) is 0. The molecule has 26 heavy (non-hydrogen) atoms. The molecular weight excluding hydrogens is 312 g/mol. The van der Waals surface area contributed by atoms with Gasteiger partial charge in [0.05, 0.1) is 0 Å². The number of benzene rings is 2. The third kappa shape index (κ3) is 6.02. The van der Waals surface area contributed by atoms with E-state index in [1.165, 1.54) is 40.7 Å². The second kappa shape index (κ2) is 9.03. The molecule has 0 unspecified atom stereocenters. The molecule has 0 heterocycles. The van der Waals surface area contributed by atoms with Crippen LogP contribution in [0.5, 0.6) is 0 Å². The summed E-state index contributed by atoms with van der Waals surface area (Å²) < 4.78 is 0. The molecule has 0 aromatic heterocycles. The summed E-state index contributed by atoms with van der Waals surface area (Å²) in [5.74, 6) is 0.681. The van der Waals surface area contributed by atoms with Crippen molar-refractivity contribution in [2.75, 3.05) is 0 Å². The first-order valence-corrected chi connectivity index (χ1v) is 9.88. The molecular formula is C26H34. The van der Waals surface area contributed by atoms with Crippen LogP contribution in [0.3, 0.4) is 0 Å². The van der Waals surface area contributed by atoms with Crippen molar-refractivity contribution < 1.29 is 0 Å². The standard InChI is InChI=1S/C26H34/c1-7-23(8-2)25-15-11-22(12-16-25)19-20(3)24-13-9-21(10-14-24)17-18-26(4,5)6/h9-18,23H,3,7-8,19H2,1-2,4-6H3/b18-17+. The Bertz CT molecular complexity index is 717. The van der Waals surface area contributed by atoms with Crippen LogP contribution in [0.15, 0.2) is 61.2 Å². The summed E-state index contributed by atoms with van der Waals surface area (Å²) in [6, 6.07) is 17.8. The summed E-state index contributed by atoms with van der Waals surface area (Å²) in [4.78, 5) is 0. The highest BCUT2D eigenvalue weighted by Crippen LogP contribution is 2.25. The van der Waals surface area contributed by atoms with Crippen LogP contribution >= 0.6 is 0 Å². The van der Waals surface area contributed by atoms with E-state index in [0.29, 0.717) is 5.92 Å². The van der Waals surface area contributed by atoms with Crippen molar-refractivity contribution in [3.8, 4) is 0 Å². The molecule has 0 radical (unpaired) electrons. The van der Waals surface area contributed by atoms with Crippen LogP contribution in [0.25, 0.3) is 11.6 Å². The van der Waals surface area contributed by atoms with E-state index in [-0.39, 0.29) is 5.41 Å². The molecule has 0 aliphatic heterocycles. The van der Waals surface area contributed by atoms with Crippen molar-refractivity contribution in [2.24, 2.45) is 5.41 Å². The van der Waals surface area contributed by atoms with Gasteiger partial charge in [-0.1, -0.05) is 102 Å². The Morgan fingerprint density at radius 1 is 0.923 bits per heavy atom. The summed E-state index contributed by atoms with van der Waals surface area (Å²) in [5.41, 5.74) is 6.64. The molecule has 0 atom stereocenters. The molecule has 2 aromatic carbocycles. The molecule has 0 saturated carbocycles. The minimum Gasteiger partial charge on any atom is -0.0949 e. The minimum absolute atomic E-state index is 0.211. The number of hydrogen-bond acceptors (Lipinski definition) is 0. The molecule has 0 spiro atoms. The van der Waals surface area contributed by atoms with Crippen LogP contribution < -0.4 is 0 Å². The van der Waals surface area contributed by atoms with Crippen molar-refractivity contribution in [2.45, 2.75) is 59.8 Å². The maximum atomic E-state index is 4.31. The smallest absolute Gasteiger partial charge is 0.00257 e. The van der Waals surface area contributed by atoms with Gasteiger partial charge in [0.2, 0.25) is 0 Å². The van der Waals surface area contributed by atoms with Gasteiger partial charge in [0.15, 0.2) is 0 Å². The summed E-state index contributed by atoms with van der Waals surface area (Å²) in [7, 11) is 0. The van der Waals surface area contributed by atoms with Crippen LogP contribution in [0.1, 0.15) is 75.6 Å². The highest BCUT2D eigenvalue weighted by atomic mass is 14.1. The Labute approximate surface area is 160 Å². The van der Waals surface area contributed by atoms with Gasteiger partial charge >= 0.3 is 0 Å². The van der Waals surface area contributed by atoms with Crippen molar-refractivity contribution >= 4 is 11.6 Å². The average Bonchev–Trinajstić information content (AvgIpc) is 2.62. The maximum Gasteiger partial charge on any atom is -0.00257 e. The molecule has 0 aliphatic rings. The van der Waals surface area contributed by atoms with Crippen LogP contribution in [0.4, 0.5) is 0 Å². The van der Waals surface area contributed by atoms with E-state index in [1.54, 1.807) is 0 Å². The lowest BCUT2D eigenvalue weighted by molar-refractivity contribution is 0.547. The first-order valence-electron chi connectivity index (χ1n) is 9.88. The zero-order chi connectivity index (χ0) is 19.2. The Morgan fingerprint density at radius 3 is 2.00 bits per heavy atom. The minimum atomic E-state index is 0.211. The van der Waals surface area contributed by atoms with E-state index in [1.807, 2.05) is 0 Å². The van der Waals surface area contributed by atoms with Gasteiger partial charge in [0.1, 0.15) is 0 Å². The Kier molecular flexibility index (Phi) is 7.03. The fourth-order valence-corrected chi connectivity index (χ4v) is 3.19. The van der Waals surface area contributed by atoms with Gasteiger partial charge in [0.25, 0.3) is 0 Å². The third-order valence-corrected chi connectivity index (χ3v) is 4.95. The van der Waals surface area contributed by atoms with E-state index in [0.717, 1.165) is 6.42 Å².